The van der Waals surface area contributed by atoms with Crippen LogP contribution in [0.3, 0.4) is 0 Å². The number of anilines is 1. The van der Waals surface area contributed by atoms with Crippen molar-refractivity contribution in [1.29, 1.82) is 0 Å². The van der Waals surface area contributed by atoms with E-state index in [4.69, 9.17) is 0 Å². The third-order valence-electron chi connectivity index (χ3n) is 2.47. The molecule has 0 fully saturated rings. The molecule has 1 heterocycles. The molecule has 0 aliphatic rings. The monoisotopic (exact) mass is 295 g/mol. The molecule has 84 valence electrons. The van der Waals surface area contributed by atoms with Crippen LogP contribution >= 0.6 is 27.3 Å². The Kier molecular flexibility index (Phi) is 3.66. The van der Waals surface area contributed by atoms with Crippen molar-refractivity contribution < 1.29 is 0 Å². The minimum atomic E-state index is 0.331. The first kappa shape index (κ1) is 11.7. The van der Waals surface area contributed by atoms with E-state index in [0.29, 0.717) is 6.04 Å². The molecule has 0 saturated heterocycles. The van der Waals surface area contributed by atoms with E-state index >= 15 is 0 Å². The summed E-state index contributed by atoms with van der Waals surface area (Å²) in [6, 6.07) is 10.9. The molecule has 0 aliphatic carbocycles. The van der Waals surface area contributed by atoms with E-state index < -0.39 is 0 Å². The van der Waals surface area contributed by atoms with Gasteiger partial charge in [0, 0.05) is 15.0 Å². The quantitative estimate of drug-likeness (QED) is 0.841. The van der Waals surface area contributed by atoms with Gasteiger partial charge in [-0.25, -0.2) is 0 Å². The zero-order valence-electron chi connectivity index (χ0n) is 9.33. The molecule has 2 aromatic rings. The largest absolute Gasteiger partial charge is 0.378 e. The lowest BCUT2D eigenvalue weighted by atomic mass is 10.2. The Hall–Kier alpha value is -0.800. The van der Waals surface area contributed by atoms with Crippen molar-refractivity contribution in [3.05, 3.63) is 50.6 Å². The van der Waals surface area contributed by atoms with Crippen molar-refractivity contribution in [2.75, 3.05) is 5.32 Å². The van der Waals surface area contributed by atoms with Crippen molar-refractivity contribution in [3.8, 4) is 0 Å². The van der Waals surface area contributed by atoms with E-state index in [0.717, 1.165) is 0 Å². The molecule has 3 heteroatoms. The lowest BCUT2D eigenvalue weighted by Gasteiger charge is -2.14. The summed E-state index contributed by atoms with van der Waals surface area (Å²) in [5, 5.41) is 5.60. The van der Waals surface area contributed by atoms with Crippen LogP contribution in [0.25, 0.3) is 0 Å². The van der Waals surface area contributed by atoms with Gasteiger partial charge in [-0.2, -0.15) is 0 Å². The maximum atomic E-state index is 3.56. The lowest BCUT2D eigenvalue weighted by Crippen LogP contribution is -2.05. The van der Waals surface area contributed by atoms with Crippen LogP contribution in [-0.4, -0.2) is 0 Å². The molecule has 0 amide bonds. The number of aryl methyl sites for hydroxylation is 1. The van der Waals surface area contributed by atoms with Gasteiger partial charge in [0.05, 0.1) is 6.04 Å². The van der Waals surface area contributed by atoms with Crippen LogP contribution in [-0.2, 0) is 0 Å². The SMILES string of the molecule is Cc1ccc(NC(C)c2sccc2Br)cc1. The van der Waals surface area contributed by atoms with Crippen molar-refractivity contribution in [2.45, 2.75) is 19.9 Å². The molecule has 1 nitrogen and oxygen atoms in total. The van der Waals surface area contributed by atoms with Gasteiger partial charge in [0.1, 0.15) is 0 Å². The highest BCUT2D eigenvalue weighted by atomic mass is 79.9. The molecule has 1 N–H and O–H groups in total. The van der Waals surface area contributed by atoms with Gasteiger partial charge in [-0.05, 0) is 53.4 Å². The number of halogens is 1. The average molecular weight is 296 g/mol. The Morgan fingerprint density at radius 1 is 1.19 bits per heavy atom. The lowest BCUT2D eigenvalue weighted by molar-refractivity contribution is 0.903. The molecular weight excluding hydrogens is 282 g/mol. The van der Waals surface area contributed by atoms with E-state index in [-0.39, 0.29) is 0 Å². The topological polar surface area (TPSA) is 12.0 Å². The molecule has 16 heavy (non-hydrogen) atoms. The average Bonchev–Trinajstić information content (AvgIpc) is 2.68. The fourth-order valence-corrected chi connectivity index (χ4v) is 3.31. The second kappa shape index (κ2) is 5.02. The fraction of sp³-hybridized carbons (Fsp3) is 0.231. The van der Waals surface area contributed by atoms with E-state index in [1.54, 1.807) is 11.3 Å². The molecule has 1 unspecified atom stereocenters. The van der Waals surface area contributed by atoms with Gasteiger partial charge >= 0.3 is 0 Å². The predicted octanol–water partition coefficient (Wildman–Crippen LogP) is 4.99. The van der Waals surface area contributed by atoms with Gasteiger partial charge in [0.15, 0.2) is 0 Å². The van der Waals surface area contributed by atoms with Gasteiger partial charge in [0.2, 0.25) is 0 Å². The van der Waals surface area contributed by atoms with E-state index in [2.05, 4.69) is 70.8 Å². The summed E-state index contributed by atoms with van der Waals surface area (Å²) in [4.78, 5) is 1.33. The number of thiophene rings is 1. The molecular formula is C13H14BrNS. The van der Waals surface area contributed by atoms with Gasteiger partial charge in [0.25, 0.3) is 0 Å². The molecule has 1 atom stereocenters. The molecule has 0 spiro atoms. The summed E-state index contributed by atoms with van der Waals surface area (Å²) in [6.07, 6.45) is 0. The first-order valence-electron chi connectivity index (χ1n) is 5.23. The van der Waals surface area contributed by atoms with E-state index in [1.165, 1.54) is 20.6 Å². The molecule has 0 bridgehead atoms. The van der Waals surface area contributed by atoms with Crippen molar-refractivity contribution in [2.24, 2.45) is 0 Å². The third-order valence-corrected chi connectivity index (χ3v) is 4.53. The second-order valence-electron chi connectivity index (χ2n) is 3.86. The highest BCUT2D eigenvalue weighted by Crippen LogP contribution is 2.30. The Morgan fingerprint density at radius 2 is 1.88 bits per heavy atom. The molecule has 0 saturated carbocycles. The minimum absolute atomic E-state index is 0.331. The number of hydrogen-bond acceptors (Lipinski definition) is 2. The van der Waals surface area contributed by atoms with Gasteiger partial charge in [-0.15, -0.1) is 11.3 Å². The zero-order valence-corrected chi connectivity index (χ0v) is 11.7. The van der Waals surface area contributed by atoms with Crippen LogP contribution < -0.4 is 5.32 Å². The number of rotatable bonds is 3. The zero-order chi connectivity index (χ0) is 11.5. The number of hydrogen-bond donors (Lipinski definition) is 1. The molecule has 2 rings (SSSR count). The van der Waals surface area contributed by atoms with E-state index in [1.807, 2.05) is 0 Å². The van der Waals surface area contributed by atoms with Crippen LogP contribution in [0.4, 0.5) is 5.69 Å². The summed E-state index contributed by atoms with van der Waals surface area (Å²) in [5.74, 6) is 0. The van der Waals surface area contributed by atoms with Crippen molar-refractivity contribution in [3.63, 3.8) is 0 Å². The summed E-state index contributed by atoms with van der Waals surface area (Å²) < 4.78 is 1.18. The summed E-state index contributed by atoms with van der Waals surface area (Å²) in [5.41, 5.74) is 2.45. The normalized spacial score (nSPS) is 12.4. The third kappa shape index (κ3) is 2.66. The summed E-state index contributed by atoms with van der Waals surface area (Å²) >= 11 is 5.33. The van der Waals surface area contributed by atoms with Crippen LogP contribution in [0.15, 0.2) is 40.2 Å². The van der Waals surface area contributed by atoms with Crippen LogP contribution in [0.5, 0.6) is 0 Å². The van der Waals surface area contributed by atoms with Gasteiger partial charge in [-0.1, -0.05) is 17.7 Å². The maximum Gasteiger partial charge on any atom is 0.0589 e. The molecule has 0 radical (unpaired) electrons. The molecule has 0 aliphatic heterocycles. The minimum Gasteiger partial charge on any atom is -0.378 e. The first-order chi connectivity index (χ1) is 7.66. The highest BCUT2D eigenvalue weighted by molar-refractivity contribution is 9.10. The van der Waals surface area contributed by atoms with Crippen LogP contribution in [0, 0.1) is 6.92 Å². The predicted molar refractivity (Wildman–Crippen MR) is 75.2 cm³/mol. The summed E-state index contributed by atoms with van der Waals surface area (Å²) in [6.45, 7) is 4.28. The standard InChI is InChI=1S/C13H14BrNS/c1-9-3-5-11(6-4-9)15-10(2)13-12(14)7-8-16-13/h3-8,10,15H,1-2H3. The molecule has 1 aromatic heterocycles. The Labute approximate surface area is 109 Å². The highest BCUT2D eigenvalue weighted by Gasteiger charge is 2.10. The van der Waals surface area contributed by atoms with Crippen molar-refractivity contribution >= 4 is 33.0 Å². The Morgan fingerprint density at radius 3 is 2.44 bits per heavy atom. The second-order valence-corrected chi connectivity index (χ2v) is 5.67. The summed E-state index contributed by atoms with van der Waals surface area (Å²) in [7, 11) is 0. The smallest absolute Gasteiger partial charge is 0.0589 e. The van der Waals surface area contributed by atoms with Crippen LogP contribution in [0.1, 0.15) is 23.4 Å². The number of benzene rings is 1. The fourth-order valence-electron chi connectivity index (χ4n) is 1.58. The first-order valence-corrected chi connectivity index (χ1v) is 6.90. The van der Waals surface area contributed by atoms with Gasteiger partial charge < -0.3 is 5.32 Å². The number of nitrogens with one attached hydrogen (secondary N) is 1. The Balaban J connectivity index is 2.10. The van der Waals surface area contributed by atoms with Gasteiger partial charge in [-0.3, -0.25) is 0 Å². The maximum absolute atomic E-state index is 3.56. The Bertz CT molecular complexity index is 461. The van der Waals surface area contributed by atoms with E-state index in [9.17, 15) is 0 Å². The van der Waals surface area contributed by atoms with Crippen molar-refractivity contribution in [1.82, 2.24) is 0 Å². The van der Waals surface area contributed by atoms with Crippen LogP contribution in [0.2, 0.25) is 0 Å². The molecule has 1 aromatic carbocycles.